The monoisotopic (exact) mass is 355 g/mol. The molecule has 1 atom stereocenters. The number of aromatic nitrogens is 3. The Morgan fingerprint density at radius 1 is 1.20 bits per heavy atom. The second-order valence-corrected chi connectivity index (χ2v) is 7.53. The molecule has 2 aliphatic rings. The van der Waals surface area contributed by atoms with Gasteiger partial charge in [-0.05, 0) is 63.5 Å². The van der Waals surface area contributed by atoms with Gasteiger partial charge in [0, 0.05) is 22.3 Å². The van der Waals surface area contributed by atoms with Gasteiger partial charge in [0.05, 0.1) is 0 Å². The first kappa shape index (κ1) is 16.5. The van der Waals surface area contributed by atoms with Crippen LogP contribution in [-0.4, -0.2) is 26.7 Å². The van der Waals surface area contributed by atoms with Crippen molar-refractivity contribution in [2.45, 2.75) is 45.6 Å². The maximum Gasteiger partial charge on any atom is 0.254 e. The number of nitrogens with zero attached hydrogens (tertiary/aromatic N) is 4. The van der Waals surface area contributed by atoms with Crippen LogP contribution in [0.4, 0.5) is 11.9 Å². The van der Waals surface area contributed by atoms with Crippen molar-refractivity contribution in [2.24, 2.45) is 16.8 Å². The minimum Gasteiger partial charge on any atom is -0.351 e. The van der Waals surface area contributed by atoms with Crippen LogP contribution in [0.15, 0.2) is 29.3 Å². The molecule has 4 rings (SSSR count). The van der Waals surface area contributed by atoms with Crippen LogP contribution in [0, 0.1) is 11.8 Å². The Hall–Kier alpha value is -2.01. The van der Waals surface area contributed by atoms with Crippen molar-refractivity contribution >= 4 is 29.2 Å². The molecular formula is C19H22ClN5. The van der Waals surface area contributed by atoms with Gasteiger partial charge in [-0.25, -0.2) is 4.99 Å². The highest BCUT2D eigenvalue weighted by Gasteiger charge is 2.29. The molecule has 1 aromatic heterocycles. The van der Waals surface area contributed by atoms with E-state index in [1.54, 1.807) is 0 Å². The van der Waals surface area contributed by atoms with E-state index in [9.17, 15) is 0 Å². The lowest BCUT2D eigenvalue weighted by Crippen LogP contribution is -2.19. The predicted molar refractivity (Wildman–Crippen MR) is 102 cm³/mol. The standard InChI is InChI=1S/C19H22ClN5/c1-11(13-6-7-13)21-18-23-17(15-4-3-5-16(20)10-15)24-19(25-18)22-12(2)14-8-9-14/h3-5,10-11,13-14H,6-9H2,1-2H3,(H,21,23,24,25)/b22-12+/t11-/m1/s1. The Balaban J connectivity index is 1.69. The Kier molecular flexibility index (Phi) is 4.42. The number of benzene rings is 1. The van der Waals surface area contributed by atoms with Crippen molar-refractivity contribution in [1.82, 2.24) is 15.0 Å². The van der Waals surface area contributed by atoms with Gasteiger partial charge in [0.25, 0.3) is 5.95 Å². The van der Waals surface area contributed by atoms with Gasteiger partial charge in [-0.1, -0.05) is 23.7 Å². The largest absolute Gasteiger partial charge is 0.351 e. The second-order valence-electron chi connectivity index (χ2n) is 7.09. The average Bonchev–Trinajstić information content (AvgIpc) is 3.48. The maximum atomic E-state index is 6.13. The number of rotatable bonds is 6. The summed E-state index contributed by atoms with van der Waals surface area (Å²) in [6, 6.07) is 7.93. The number of anilines is 1. The van der Waals surface area contributed by atoms with E-state index in [0.717, 1.165) is 11.3 Å². The molecular weight excluding hydrogens is 334 g/mol. The Morgan fingerprint density at radius 3 is 2.68 bits per heavy atom. The first-order valence-electron chi connectivity index (χ1n) is 8.92. The van der Waals surface area contributed by atoms with Gasteiger partial charge in [-0.15, -0.1) is 0 Å². The third-order valence-corrected chi connectivity index (χ3v) is 5.07. The van der Waals surface area contributed by atoms with Crippen LogP contribution in [0.5, 0.6) is 0 Å². The quantitative estimate of drug-likeness (QED) is 0.748. The van der Waals surface area contributed by atoms with Crippen LogP contribution in [0.2, 0.25) is 5.02 Å². The molecule has 2 aliphatic carbocycles. The van der Waals surface area contributed by atoms with E-state index in [-0.39, 0.29) is 0 Å². The first-order valence-corrected chi connectivity index (χ1v) is 9.30. The molecule has 1 aromatic carbocycles. The molecule has 0 bridgehead atoms. The van der Waals surface area contributed by atoms with Crippen LogP contribution in [0.1, 0.15) is 39.5 Å². The third kappa shape index (κ3) is 4.15. The van der Waals surface area contributed by atoms with Crippen molar-refractivity contribution in [3.05, 3.63) is 29.3 Å². The van der Waals surface area contributed by atoms with Crippen LogP contribution >= 0.6 is 11.6 Å². The van der Waals surface area contributed by atoms with Gasteiger partial charge < -0.3 is 5.32 Å². The zero-order valence-corrected chi connectivity index (χ0v) is 15.3. The summed E-state index contributed by atoms with van der Waals surface area (Å²) in [4.78, 5) is 18.3. The number of nitrogens with one attached hydrogen (secondary N) is 1. The summed E-state index contributed by atoms with van der Waals surface area (Å²) in [6.07, 6.45) is 4.97. The highest BCUT2D eigenvalue weighted by atomic mass is 35.5. The molecule has 1 N–H and O–H groups in total. The van der Waals surface area contributed by atoms with Crippen LogP contribution < -0.4 is 5.32 Å². The Morgan fingerprint density at radius 2 is 2.00 bits per heavy atom. The summed E-state index contributed by atoms with van der Waals surface area (Å²) < 4.78 is 0. The molecule has 0 aliphatic heterocycles. The van der Waals surface area contributed by atoms with Crippen LogP contribution in [0.25, 0.3) is 11.4 Å². The van der Waals surface area contributed by atoms with E-state index in [1.807, 2.05) is 24.3 Å². The molecule has 5 nitrogen and oxygen atoms in total. The molecule has 0 amide bonds. The zero-order valence-electron chi connectivity index (χ0n) is 14.5. The summed E-state index contributed by atoms with van der Waals surface area (Å²) in [7, 11) is 0. The van der Waals surface area contributed by atoms with Crippen molar-refractivity contribution in [2.75, 3.05) is 5.32 Å². The van der Waals surface area contributed by atoms with Gasteiger partial charge in [0.15, 0.2) is 5.82 Å². The topological polar surface area (TPSA) is 63.1 Å². The molecule has 0 spiro atoms. The summed E-state index contributed by atoms with van der Waals surface area (Å²) in [6.45, 7) is 4.24. The van der Waals surface area contributed by atoms with Crippen LogP contribution in [0.3, 0.4) is 0 Å². The normalized spacial score (nSPS) is 18.9. The number of hydrogen-bond donors (Lipinski definition) is 1. The third-order valence-electron chi connectivity index (χ3n) is 4.84. The fraction of sp³-hybridized carbons (Fsp3) is 0.474. The van der Waals surface area contributed by atoms with Crippen LogP contribution in [-0.2, 0) is 0 Å². The maximum absolute atomic E-state index is 6.13. The fourth-order valence-electron chi connectivity index (χ4n) is 2.90. The smallest absolute Gasteiger partial charge is 0.254 e. The van der Waals surface area contributed by atoms with E-state index < -0.39 is 0 Å². The molecule has 6 heteroatoms. The summed E-state index contributed by atoms with van der Waals surface area (Å²) >= 11 is 6.13. The first-order chi connectivity index (χ1) is 12.1. The SMILES string of the molecule is C/C(=N\c1nc(N[C@H](C)C2CC2)nc(-c2cccc(Cl)c2)n1)C1CC1. The van der Waals surface area contributed by atoms with E-state index in [0.29, 0.717) is 40.6 Å². The van der Waals surface area contributed by atoms with E-state index >= 15 is 0 Å². The zero-order chi connectivity index (χ0) is 17.4. The molecule has 0 saturated heterocycles. The fourth-order valence-corrected chi connectivity index (χ4v) is 3.09. The van der Waals surface area contributed by atoms with Crippen molar-refractivity contribution in [3.8, 4) is 11.4 Å². The van der Waals surface area contributed by atoms with Gasteiger partial charge in [0.2, 0.25) is 5.95 Å². The van der Waals surface area contributed by atoms with E-state index in [1.165, 1.54) is 25.7 Å². The lowest BCUT2D eigenvalue weighted by Gasteiger charge is -2.13. The molecule has 1 heterocycles. The molecule has 130 valence electrons. The Bertz CT molecular complexity index is 811. The number of halogens is 1. The Labute approximate surface area is 153 Å². The molecule has 2 saturated carbocycles. The molecule has 2 fully saturated rings. The number of hydrogen-bond acceptors (Lipinski definition) is 5. The van der Waals surface area contributed by atoms with Gasteiger partial charge in [0.1, 0.15) is 0 Å². The molecule has 0 radical (unpaired) electrons. The molecule has 2 aromatic rings. The van der Waals surface area contributed by atoms with Gasteiger partial charge >= 0.3 is 0 Å². The summed E-state index contributed by atoms with van der Waals surface area (Å²) in [5.74, 6) is 2.97. The van der Waals surface area contributed by atoms with E-state index in [2.05, 4.69) is 39.1 Å². The average molecular weight is 356 g/mol. The second kappa shape index (κ2) is 6.71. The van der Waals surface area contributed by atoms with Crippen molar-refractivity contribution in [3.63, 3.8) is 0 Å². The highest BCUT2D eigenvalue weighted by Crippen LogP contribution is 2.34. The lowest BCUT2D eigenvalue weighted by atomic mass is 10.2. The van der Waals surface area contributed by atoms with Crippen molar-refractivity contribution in [1.29, 1.82) is 0 Å². The number of aliphatic imine (C=N–C) groups is 1. The minimum absolute atomic E-state index is 0.357. The minimum atomic E-state index is 0.357. The van der Waals surface area contributed by atoms with Gasteiger partial charge in [-0.2, -0.15) is 15.0 Å². The van der Waals surface area contributed by atoms with E-state index in [4.69, 9.17) is 11.6 Å². The lowest BCUT2D eigenvalue weighted by molar-refractivity contribution is 0.685. The van der Waals surface area contributed by atoms with Gasteiger partial charge in [-0.3, -0.25) is 0 Å². The predicted octanol–water partition coefficient (Wildman–Crippen LogP) is 4.90. The summed E-state index contributed by atoms with van der Waals surface area (Å²) in [5.41, 5.74) is 1.97. The molecule has 0 unspecified atom stereocenters. The molecule has 25 heavy (non-hydrogen) atoms. The highest BCUT2D eigenvalue weighted by molar-refractivity contribution is 6.30. The summed E-state index contributed by atoms with van der Waals surface area (Å²) in [5, 5.41) is 4.09. The van der Waals surface area contributed by atoms with Crippen molar-refractivity contribution < 1.29 is 0 Å².